The van der Waals surface area contributed by atoms with Gasteiger partial charge in [-0.25, -0.2) is 13.8 Å². The number of ether oxygens (including phenoxy) is 2. The van der Waals surface area contributed by atoms with E-state index < -0.39 is 22.5 Å². The van der Waals surface area contributed by atoms with Crippen molar-refractivity contribution < 1.29 is 22.7 Å². The molecule has 0 aliphatic rings. The summed E-state index contributed by atoms with van der Waals surface area (Å²) in [6.07, 6.45) is 1.44. The molecule has 1 amide bonds. The van der Waals surface area contributed by atoms with Gasteiger partial charge in [0.2, 0.25) is 10.0 Å². The molecule has 196 valence electrons. The molecular weight excluding hydrogens is 514 g/mol. The summed E-state index contributed by atoms with van der Waals surface area (Å²) in [7, 11) is -0.961. The van der Waals surface area contributed by atoms with Crippen LogP contribution in [0.15, 0.2) is 64.6 Å². The minimum absolute atomic E-state index is 0.0148. The molecule has 0 aliphatic heterocycles. The normalized spacial score (nSPS) is 11.6. The highest BCUT2D eigenvalue weighted by atomic mass is 35.5. The number of rotatable bonds is 10. The molecule has 0 aliphatic carbocycles. The van der Waals surface area contributed by atoms with E-state index in [1.807, 2.05) is 19.1 Å². The molecule has 1 N–H and O–H groups in total. The van der Waals surface area contributed by atoms with Gasteiger partial charge in [0.1, 0.15) is 0 Å². The molecule has 0 bridgehead atoms. The molecule has 8 nitrogen and oxygen atoms in total. The van der Waals surface area contributed by atoms with Crippen LogP contribution in [0.1, 0.15) is 27.8 Å². The van der Waals surface area contributed by atoms with Crippen LogP contribution in [0.5, 0.6) is 11.5 Å². The van der Waals surface area contributed by atoms with Crippen molar-refractivity contribution in [1.82, 2.24) is 9.73 Å². The summed E-state index contributed by atoms with van der Waals surface area (Å²) in [5, 5.41) is 4.52. The van der Waals surface area contributed by atoms with Crippen LogP contribution in [0.2, 0.25) is 5.02 Å². The number of halogens is 1. The van der Waals surface area contributed by atoms with Gasteiger partial charge in [-0.15, -0.1) is 0 Å². The first kappa shape index (κ1) is 28.2. The number of nitrogens with one attached hydrogen (secondary N) is 1. The van der Waals surface area contributed by atoms with Gasteiger partial charge in [-0.1, -0.05) is 41.4 Å². The van der Waals surface area contributed by atoms with E-state index >= 15 is 0 Å². The van der Waals surface area contributed by atoms with Crippen molar-refractivity contribution in [3.8, 4) is 11.5 Å². The minimum atomic E-state index is -4.02. The summed E-state index contributed by atoms with van der Waals surface area (Å²) in [6.45, 7) is 4.97. The third-order valence-electron chi connectivity index (χ3n) is 5.61. The number of sulfonamides is 1. The highest BCUT2D eigenvalue weighted by molar-refractivity contribution is 7.89. The Kier molecular flexibility index (Phi) is 9.31. The molecule has 0 saturated heterocycles. The van der Waals surface area contributed by atoms with Crippen LogP contribution in [-0.2, 0) is 21.4 Å². The second kappa shape index (κ2) is 12.2. The summed E-state index contributed by atoms with van der Waals surface area (Å²) >= 11 is 5.99. The van der Waals surface area contributed by atoms with Crippen molar-refractivity contribution in [1.29, 1.82) is 0 Å². The summed E-state index contributed by atoms with van der Waals surface area (Å²) < 4.78 is 39.2. The first-order valence-electron chi connectivity index (χ1n) is 11.4. The van der Waals surface area contributed by atoms with Crippen LogP contribution >= 0.6 is 11.6 Å². The average Bonchev–Trinajstić information content (AvgIpc) is 2.84. The number of carbonyl (C=O) groups is 1. The lowest BCUT2D eigenvalue weighted by Crippen LogP contribution is -2.39. The van der Waals surface area contributed by atoms with Gasteiger partial charge in [-0.2, -0.15) is 9.41 Å². The van der Waals surface area contributed by atoms with E-state index in [1.54, 1.807) is 56.3 Å². The van der Waals surface area contributed by atoms with Gasteiger partial charge in [0.05, 0.1) is 31.9 Å². The predicted molar refractivity (Wildman–Crippen MR) is 145 cm³/mol. The molecule has 0 fully saturated rings. The Morgan fingerprint density at radius 1 is 0.973 bits per heavy atom. The molecule has 3 aromatic carbocycles. The zero-order chi connectivity index (χ0) is 27.2. The fraction of sp³-hybridized carbons (Fsp3) is 0.259. The molecule has 0 radical (unpaired) electrons. The van der Waals surface area contributed by atoms with Crippen molar-refractivity contribution in [2.75, 3.05) is 20.8 Å². The molecule has 10 heteroatoms. The SMILES string of the molecule is COc1ccc(/C=N/NC(=O)CN(Cc2ccc(Cl)cc2)S(=O)(=O)c2c(C)cc(C)cc2C)cc1OC. The van der Waals surface area contributed by atoms with E-state index in [-0.39, 0.29) is 11.4 Å². The standard InChI is InChI=1S/C27H30ClN3O5S/c1-18-12-19(2)27(20(3)13-18)37(33,34)31(16-21-6-9-23(28)10-7-21)17-26(32)30-29-15-22-8-11-24(35-4)25(14-22)36-5/h6-15H,16-17H2,1-5H3,(H,30,32)/b29-15+. The van der Waals surface area contributed by atoms with Crippen LogP contribution in [0.4, 0.5) is 0 Å². The number of amides is 1. The number of hydrazone groups is 1. The second-order valence-corrected chi connectivity index (χ2v) is 10.8. The molecule has 3 aromatic rings. The maximum atomic E-state index is 13.8. The summed E-state index contributed by atoms with van der Waals surface area (Å²) in [5.74, 6) is 0.493. The molecule has 37 heavy (non-hydrogen) atoms. The van der Waals surface area contributed by atoms with Gasteiger partial charge in [0.15, 0.2) is 11.5 Å². The van der Waals surface area contributed by atoms with Crippen LogP contribution < -0.4 is 14.9 Å². The van der Waals surface area contributed by atoms with E-state index in [4.69, 9.17) is 21.1 Å². The van der Waals surface area contributed by atoms with E-state index in [2.05, 4.69) is 10.5 Å². The number of aryl methyl sites for hydroxylation is 3. The fourth-order valence-corrected chi connectivity index (χ4v) is 5.95. The highest BCUT2D eigenvalue weighted by Gasteiger charge is 2.30. The van der Waals surface area contributed by atoms with E-state index in [1.165, 1.54) is 20.4 Å². The molecule has 0 aromatic heterocycles. The van der Waals surface area contributed by atoms with Crippen molar-refractivity contribution in [3.63, 3.8) is 0 Å². The second-order valence-electron chi connectivity index (χ2n) is 8.54. The first-order chi connectivity index (χ1) is 17.5. The molecule has 0 heterocycles. The summed E-state index contributed by atoms with van der Waals surface area (Å²) in [4.78, 5) is 13.0. The highest BCUT2D eigenvalue weighted by Crippen LogP contribution is 2.28. The number of nitrogens with zero attached hydrogens (tertiary/aromatic N) is 2. The average molecular weight is 544 g/mol. The third kappa shape index (κ3) is 7.09. The Morgan fingerprint density at radius 2 is 1.59 bits per heavy atom. The van der Waals surface area contributed by atoms with Crippen LogP contribution in [0.25, 0.3) is 0 Å². The number of benzene rings is 3. The van der Waals surface area contributed by atoms with Gasteiger partial charge in [-0.3, -0.25) is 4.79 Å². The fourth-order valence-electron chi connectivity index (χ4n) is 4.03. The summed E-state index contributed by atoms with van der Waals surface area (Å²) in [6, 6.07) is 15.6. The zero-order valence-electron chi connectivity index (χ0n) is 21.4. The Balaban J connectivity index is 1.85. The lowest BCUT2D eigenvalue weighted by atomic mass is 10.1. The Bertz CT molecular complexity index is 1380. The topological polar surface area (TPSA) is 97.3 Å². The number of hydrogen-bond acceptors (Lipinski definition) is 6. The Hall–Kier alpha value is -3.40. The van der Waals surface area contributed by atoms with Crippen molar-refractivity contribution in [3.05, 3.63) is 87.4 Å². The quantitative estimate of drug-likeness (QED) is 0.297. The van der Waals surface area contributed by atoms with E-state index in [0.29, 0.717) is 38.8 Å². The Labute approximate surface area is 222 Å². The van der Waals surface area contributed by atoms with Crippen molar-refractivity contribution in [2.24, 2.45) is 5.10 Å². The zero-order valence-corrected chi connectivity index (χ0v) is 23.0. The Morgan fingerprint density at radius 3 is 2.19 bits per heavy atom. The number of hydrogen-bond donors (Lipinski definition) is 1. The molecular formula is C27H30ClN3O5S. The van der Waals surface area contributed by atoms with Crippen LogP contribution in [0, 0.1) is 20.8 Å². The van der Waals surface area contributed by atoms with Crippen LogP contribution in [0.3, 0.4) is 0 Å². The van der Waals surface area contributed by atoms with Gasteiger partial charge in [-0.05, 0) is 73.4 Å². The molecule has 0 unspecified atom stereocenters. The van der Waals surface area contributed by atoms with E-state index in [9.17, 15) is 13.2 Å². The smallest absolute Gasteiger partial charge is 0.255 e. The molecule has 0 saturated carbocycles. The van der Waals surface area contributed by atoms with E-state index in [0.717, 1.165) is 9.87 Å². The maximum absolute atomic E-state index is 13.8. The van der Waals surface area contributed by atoms with Crippen LogP contribution in [-0.4, -0.2) is 45.6 Å². The summed E-state index contributed by atoms with van der Waals surface area (Å²) in [5.41, 5.74) is 5.96. The lowest BCUT2D eigenvalue weighted by molar-refractivity contribution is -0.121. The minimum Gasteiger partial charge on any atom is -0.493 e. The van der Waals surface area contributed by atoms with Crippen molar-refractivity contribution >= 4 is 33.7 Å². The number of methoxy groups -OCH3 is 2. The lowest BCUT2D eigenvalue weighted by Gasteiger charge is -2.24. The third-order valence-corrected chi connectivity index (χ3v) is 7.96. The van der Waals surface area contributed by atoms with Crippen molar-refractivity contribution in [2.45, 2.75) is 32.2 Å². The molecule has 3 rings (SSSR count). The van der Waals surface area contributed by atoms with Gasteiger partial charge in [0, 0.05) is 11.6 Å². The number of carbonyl (C=O) groups excluding carboxylic acids is 1. The molecule has 0 atom stereocenters. The largest absolute Gasteiger partial charge is 0.493 e. The molecule has 0 spiro atoms. The van der Waals surface area contributed by atoms with Gasteiger partial charge >= 0.3 is 0 Å². The monoisotopic (exact) mass is 543 g/mol. The first-order valence-corrected chi connectivity index (χ1v) is 13.2. The van der Waals surface area contributed by atoms with Gasteiger partial charge in [0.25, 0.3) is 5.91 Å². The maximum Gasteiger partial charge on any atom is 0.255 e. The predicted octanol–water partition coefficient (Wildman–Crippen LogP) is 4.62. The van der Waals surface area contributed by atoms with Gasteiger partial charge < -0.3 is 9.47 Å².